The number of hydrogen-bond acceptors (Lipinski definition) is 5. The Morgan fingerprint density at radius 2 is 2.04 bits per heavy atom. The first-order valence-electron chi connectivity index (χ1n) is 7.86. The number of rotatable bonds is 7. The summed E-state index contributed by atoms with van der Waals surface area (Å²) in [6, 6.07) is 4.59. The van der Waals surface area contributed by atoms with Gasteiger partial charge in [0.25, 0.3) is 5.91 Å². The standard InChI is InChI=1S/C17H23NO6/c1-4-24-14-6-5-11(7-15(14)23-3)17(21)18-10-13(22-2)8-12(18)9-16(19)20/h5-7,12-13H,4,8-10H2,1-3H3,(H,19,20). The van der Waals surface area contributed by atoms with Crippen LogP contribution in [0.5, 0.6) is 11.5 Å². The third-order valence-corrected chi connectivity index (χ3v) is 4.09. The molecule has 1 amide bonds. The molecule has 0 bridgehead atoms. The van der Waals surface area contributed by atoms with Crippen LogP contribution in [0.2, 0.25) is 0 Å². The van der Waals surface area contributed by atoms with Gasteiger partial charge in [-0.25, -0.2) is 0 Å². The van der Waals surface area contributed by atoms with Crippen LogP contribution in [0.15, 0.2) is 18.2 Å². The fraction of sp³-hybridized carbons (Fsp3) is 0.529. The number of carbonyl (C=O) groups excluding carboxylic acids is 1. The maximum absolute atomic E-state index is 12.8. The second-order valence-corrected chi connectivity index (χ2v) is 5.60. The van der Waals surface area contributed by atoms with Gasteiger partial charge in [0, 0.05) is 25.3 Å². The van der Waals surface area contributed by atoms with Crippen molar-refractivity contribution in [1.82, 2.24) is 4.90 Å². The Kier molecular flexibility index (Phi) is 6.03. The van der Waals surface area contributed by atoms with Crippen molar-refractivity contribution in [3.63, 3.8) is 0 Å². The van der Waals surface area contributed by atoms with Crippen molar-refractivity contribution in [3.8, 4) is 11.5 Å². The highest BCUT2D eigenvalue weighted by molar-refractivity contribution is 5.95. The summed E-state index contributed by atoms with van der Waals surface area (Å²) in [7, 11) is 3.08. The van der Waals surface area contributed by atoms with E-state index in [1.165, 1.54) is 7.11 Å². The summed E-state index contributed by atoms with van der Waals surface area (Å²) in [6.07, 6.45) is 0.269. The van der Waals surface area contributed by atoms with E-state index in [0.29, 0.717) is 36.6 Å². The van der Waals surface area contributed by atoms with E-state index in [4.69, 9.17) is 19.3 Å². The minimum atomic E-state index is -0.932. The number of methoxy groups -OCH3 is 2. The molecular weight excluding hydrogens is 314 g/mol. The van der Waals surface area contributed by atoms with Crippen LogP contribution in [0.1, 0.15) is 30.1 Å². The Hall–Kier alpha value is -2.28. The summed E-state index contributed by atoms with van der Waals surface area (Å²) < 4.78 is 16.0. The van der Waals surface area contributed by atoms with Gasteiger partial charge in [-0.05, 0) is 31.5 Å². The predicted octanol–water partition coefficient (Wildman–Crippen LogP) is 1.80. The van der Waals surface area contributed by atoms with Crippen LogP contribution in [0, 0.1) is 0 Å². The highest BCUT2D eigenvalue weighted by Crippen LogP contribution is 2.30. The van der Waals surface area contributed by atoms with E-state index in [0.717, 1.165) is 0 Å². The molecule has 1 N–H and O–H groups in total. The number of hydrogen-bond donors (Lipinski definition) is 1. The number of nitrogens with zero attached hydrogens (tertiary/aromatic N) is 1. The van der Waals surface area contributed by atoms with Crippen LogP contribution in [0.25, 0.3) is 0 Å². The van der Waals surface area contributed by atoms with Crippen LogP contribution >= 0.6 is 0 Å². The molecule has 2 atom stereocenters. The van der Waals surface area contributed by atoms with E-state index in [9.17, 15) is 9.59 Å². The SMILES string of the molecule is CCOc1ccc(C(=O)N2CC(OC)CC2CC(=O)O)cc1OC. The van der Waals surface area contributed by atoms with Crippen molar-refractivity contribution in [2.75, 3.05) is 27.4 Å². The Morgan fingerprint density at radius 3 is 2.62 bits per heavy atom. The second kappa shape index (κ2) is 8.01. The number of amides is 1. The van der Waals surface area contributed by atoms with Gasteiger partial charge in [-0.1, -0.05) is 0 Å². The van der Waals surface area contributed by atoms with Crippen LogP contribution in [0.3, 0.4) is 0 Å². The number of likely N-dealkylation sites (tertiary alicyclic amines) is 1. The summed E-state index contributed by atoms with van der Waals surface area (Å²) in [6.45, 7) is 2.74. The number of benzene rings is 1. The molecule has 7 heteroatoms. The molecule has 1 aromatic carbocycles. The van der Waals surface area contributed by atoms with Gasteiger partial charge < -0.3 is 24.2 Å². The second-order valence-electron chi connectivity index (χ2n) is 5.60. The fourth-order valence-electron chi connectivity index (χ4n) is 2.93. The van der Waals surface area contributed by atoms with Crippen molar-refractivity contribution in [2.24, 2.45) is 0 Å². The summed E-state index contributed by atoms with van der Waals surface area (Å²) in [5.74, 6) is -0.129. The van der Waals surface area contributed by atoms with Crippen LogP contribution < -0.4 is 9.47 Å². The van der Waals surface area contributed by atoms with Crippen LogP contribution in [-0.2, 0) is 9.53 Å². The summed E-state index contributed by atoms with van der Waals surface area (Å²) >= 11 is 0. The lowest BCUT2D eigenvalue weighted by Crippen LogP contribution is -2.37. The maximum atomic E-state index is 12.8. The van der Waals surface area contributed by atoms with Gasteiger partial charge in [0.1, 0.15) is 0 Å². The largest absolute Gasteiger partial charge is 0.493 e. The first kappa shape index (κ1) is 18.1. The van der Waals surface area contributed by atoms with Crippen LogP contribution in [0.4, 0.5) is 0 Å². The van der Waals surface area contributed by atoms with E-state index in [-0.39, 0.29) is 24.5 Å². The highest BCUT2D eigenvalue weighted by Gasteiger charge is 2.37. The topological polar surface area (TPSA) is 85.3 Å². The van der Waals surface area contributed by atoms with Gasteiger partial charge in [-0.3, -0.25) is 9.59 Å². The molecule has 1 aliphatic rings. The Morgan fingerprint density at radius 1 is 1.29 bits per heavy atom. The first-order chi connectivity index (χ1) is 11.5. The van der Waals surface area contributed by atoms with Gasteiger partial charge >= 0.3 is 5.97 Å². The Bertz CT molecular complexity index is 603. The quantitative estimate of drug-likeness (QED) is 0.816. The van der Waals surface area contributed by atoms with E-state index in [1.807, 2.05) is 6.92 Å². The molecule has 24 heavy (non-hydrogen) atoms. The average Bonchev–Trinajstić information content (AvgIpc) is 2.97. The van der Waals surface area contributed by atoms with Crippen molar-refractivity contribution >= 4 is 11.9 Å². The highest BCUT2D eigenvalue weighted by atomic mass is 16.5. The van der Waals surface area contributed by atoms with Crippen molar-refractivity contribution < 1.29 is 28.9 Å². The number of carbonyl (C=O) groups is 2. The Labute approximate surface area is 141 Å². The maximum Gasteiger partial charge on any atom is 0.305 e. The minimum Gasteiger partial charge on any atom is -0.493 e. The number of ether oxygens (including phenoxy) is 3. The fourth-order valence-corrected chi connectivity index (χ4v) is 2.93. The molecule has 1 heterocycles. The lowest BCUT2D eigenvalue weighted by molar-refractivity contribution is -0.137. The molecule has 0 spiro atoms. The van der Waals surface area contributed by atoms with Gasteiger partial charge in [0.15, 0.2) is 11.5 Å². The lowest BCUT2D eigenvalue weighted by atomic mass is 10.1. The average molecular weight is 337 g/mol. The van der Waals surface area contributed by atoms with Crippen molar-refractivity contribution in [1.29, 1.82) is 0 Å². The van der Waals surface area contributed by atoms with E-state index in [2.05, 4.69) is 0 Å². The van der Waals surface area contributed by atoms with Crippen LogP contribution in [-0.4, -0.2) is 61.4 Å². The molecule has 2 rings (SSSR count). The number of aliphatic carboxylic acids is 1. The van der Waals surface area contributed by atoms with Gasteiger partial charge in [-0.2, -0.15) is 0 Å². The molecule has 1 fully saturated rings. The summed E-state index contributed by atoms with van der Waals surface area (Å²) in [5, 5.41) is 9.07. The molecule has 0 saturated carbocycles. The smallest absolute Gasteiger partial charge is 0.305 e. The molecule has 0 aromatic heterocycles. The Balaban J connectivity index is 2.24. The zero-order chi connectivity index (χ0) is 17.7. The van der Waals surface area contributed by atoms with Gasteiger partial charge in [0.2, 0.25) is 0 Å². The van der Waals surface area contributed by atoms with Crippen molar-refractivity contribution in [3.05, 3.63) is 23.8 Å². The molecule has 1 saturated heterocycles. The monoisotopic (exact) mass is 337 g/mol. The van der Waals surface area contributed by atoms with Gasteiger partial charge in [0.05, 0.1) is 26.2 Å². The molecular formula is C17H23NO6. The van der Waals surface area contributed by atoms with E-state index < -0.39 is 5.97 Å². The zero-order valence-corrected chi connectivity index (χ0v) is 14.2. The number of carboxylic acids is 1. The molecule has 132 valence electrons. The molecule has 1 aliphatic heterocycles. The first-order valence-corrected chi connectivity index (χ1v) is 7.86. The molecule has 0 radical (unpaired) electrons. The zero-order valence-electron chi connectivity index (χ0n) is 14.2. The van der Waals surface area contributed by atoms with Gasteiger partial charge in [-0.15, -0.1) is 0 Å². The summed E-state index contributed by atoms with van der Waals surface area (Å²) in [4.78, 5) is 25.4. The van der Waals surface area contributed by atoms with E-state index in [1.54, 1.807) is 30.2 Å². The molecule has 0 aliphatic carbocycles. The van der Waals surface area contributed by atoms with Crippen molar-refractivity contribution in [2.45, 2.75) is 31.9 Å². The molecule has 7 nitrogen and oxygen atoms in total. The third kappa shape index (κ3) is 3.97. The normalized spacial score (nSPS) is 20.0. The molecule has 2 unspecified atom stereocenters. The number of carboxylic acid groups (broad SMARTS) is 1. The molecule has 1 aromatic rings. The minimum absolute atomic E-state index is 0.0975. The predicted molar refractivity (Wildman–Crippen MR) is 86.7 cm³/mol. The van der Waals surface area contributed by atoms with E-state index >= 15 is 0 Å². The third-order valence-electron chi connectivity index (χ3n) is 4.09. The summed E-state index contributed by atoms with van der Waals surface area (Å²) in [5.41, 5.74) is 0.433. The lowest BCUT2D eigenvalue weighted by Gasteiger charge is -2.23.